The van der Waals surface area contributed by atoms with E-state index in [2.05, 4.69) is 35.0 Å². The van der Waals surface area contributed by atoms with E-state index in [-0.39, 0.29) is 0 Å². The van der Waals surface area contributed by atoms with E-state index < -0.39 is 24.5 Å². The largest absolute Gasteiger partial charge is 0.405 e. The number of unbranched alkanes of at least 4 members (excludes halogenated alkanes) is 1. The topological polar surface area (TPSA) is 107 Å². The number of nitrogens with two attached hydrogens (primary N) is 1. The summed E-state index contributed by atoms with van der Waals surface area (Å²) in [7, 11) is 0. The van der Waals surface area contributed by atoms with E-state index in [0.29, 0.717) is 41.3 Å². The summed E-state index contributed by atoms with van der Waals surface area (Å²) < 4.78 is 39.5. The van der Waals surface area contributed by atoms with Crippen LogP contribution in [0.2, 0.25) is 0 Å². The molecule has 0 aliphatic carbocycles. The minimum atomic E-state index is -4.40. The molecule has 1 aromatic rings. The molecule has 2 aliphatic rings. The molecular weight excluding hydrogens is 531 g/mol. The molecule has 2 atom stereocenters. The number of carbonyl (C=O) groups is 1. The molecule has 1 aromatic carbocycles. The quantitative estimate of drug-likeness (QED) is 0.188. The number of alkyl halides is 3. The lowest BCUT2D eigenvalue weighted by Crippen LogP contribution is -2.41. The van der Waals surface area contributed by atoms with Crippen molar-refractivity contribution in [2.24, 2.45) is 21.6 Å². The van der Waals surface area contributed by atoms with Crippen molar-refractivity contribution in [1.82, 2.24) is 15.9 Å². The standard InChI is InChI=1S/C26H34F3N7O.C4H10/c1-7-14(3)22(32-13-26(27,28)29)18(11-31-8-2)17(6)33-24-21-15(4)9-10-20-19(21)12-36(34-20)35-23(24)16(5)25(30)37;1-3-4-2/h8-11,16,32,34-35H,7,12-13H2,1-6H3,(H2,30,37);3-4H2,1-2H3/b18-11-,22-14-,31-8?,33-17?;. The Balaban J connectivity index is 0.00000138. The third-order valence-electron chi connectivity index (χ3n) is 6.91. The van der Waals surface area contributed by atoms with Crippen molar-refractivity contribution >= 4 is 29.2 Å². The molecule has 0 saturated heterocycles. The molecule has 0 spiro atoms. The van der Waals surface area contributed by atoms with E-state index in [4.69, 9.17) is 10.7 Å². The maximum atomic E-state index is 13.2. The highest BCUT2D eigenvalue weighted by molar-refractivity contribution is 6.05. The average Bonchev–Trinajstić information content (AvgIpc) is 3.26. The SMILES string of the molecule is CC=N/C=C(C(C)=NC1=C(C(C)C(N)=O)NN2Cc3c(ccc(C)c31)N2)\C(NCC(F)(F)F)=C(/C)CC.CCCC. The number of fused-ring (bicyclic) bond motifs is 1. The van der Waals surface area contributed by atoms with Crippen molar-refractivity contribution in [2.75, 3.05) is 12.0 Å². The Bertz CT molecular complexity index is 1260. The molecule has 2 bridgehead atoms. The zero-order chi connectivity index (χ0) is 30.9. The van der Waals surface area contributed by atoms with Gasteiger partial charge < -0.3 is 21.9 Å². The predicted molar refractivity (Wildman–Crippen MR) is 162 cm³/mol. The normalized spacial score (nSPS) is 18.2. The Morgan fingerprint density at radius 1 is 1.20 bits per heavy atom. The van der Waals surface area contributed by atoms with Crippen molar-refractivity contribution in [3.8, 4) is 0 Å². The highest BCUT2D eigenvalue weighted by Gasteiger charge is 2.34. The number of hydrogen-bond acceptors (Lipinski definition) is 7. The van der Waals surface area contributed by atoms with Crippen molar-refractivity contribution in [3.63, 3.8) is 0 Å². The molecule has 226 valence electrons. The summed E-state index contributed by atoms with van der Waals surface area (Å²) in [5.74, 6) is -1.24. The summed E-state index contributed by atoms with van der Waals surface area (Å²) in [4.78, 5) is 21.4. The van der Waals surface area contributed by atoms with Crippen LogP contribution in [0.3, 0.4) is 0 Å². The van der Waals surface area contributed by atoms with Gasteiger partial charge in [-0.2, -0.15) is 13.2 Å². The third kappa shape index (κ3) is 8.69. The number of amides is 1. The lowest BCUT2D eigenvalue weighted by Gasteiger charge is -2.26. The van der Waals surface area contributed by atoms with Gasteiger partial charge in [0.1, 0.15) is 6.54 Å². The first kappa shape index (κ1) is 33.6. The summed E-state index contributed by atoms with van der Waals surface area (Å²) in [5, 5.41) is 4.32. The van der Waals surface area contributed by atoms with Gasteiger partial charge in [-0.25, -0.2) is 0 Å². The van der Waals surface area contributed by atoms with Gasteiger partial charge in [0.25, 0.3) is 0 Å². The molecule has 41 heavy (non-hydrogen) atoms. The fraction of sp³-hybridized carbons (Fsp3) is 0.500. The smallest absolute Gasteiger partial charge is 0.376 e. The number of benzene rings is 1. The fourth-order valence-electron chi connectivity index (χ4n) is 4.22. The molecule has 5 N–H and O–H groups in total. The number of hydrogen-bond donors (Lipinski definition) is 4. The average molecular weight is 576 g/mol. The lowest BCUT2D eigenvalue weighted by atomic mass is 9.94. The van der Waals surface area contributed by atoms with Crippen LogP contribution in [0.4, 0.5) is 18.9 Å². The highest BCUT2D eigenvalue weighted by atomic mass is 19.4. The fourth-order valence-corrected chi connectivity index (χ4v) is 4.22. The van der Waals surface area contributed by atoms with Crippen LogP contribution in [-0.4, -0.2) is 35.7 Å². The molecule has 0 fully saturated rings. The second-order valence-electron chi connectivity index (χ2n) is 10.1. The van der Waals surface area contributed by atoms with Gasteiger partial charge >= 0.3 is 6.18 Å². The van der Waals surface area contributed by atoms with Gasteiger partial charge in [-0.15, -0.1) is 5.12 Å². The van der Waals surface area contributed by atoms with Gasteiger partial charge in [-0.3, -0.25) is 14.8 Å². The summed E-state index contributed by atoms with van der Waals surface area (Å²) >= 11 is 0. The number of primary amides is 1. The zero-order valence-electron chi connectivity index (χ0n) is 25.4. The molecule has 2 aliphatic heterocycles. The first-order chi connectivity index (χ1) is 19.3. The van der Waals surface area contributed by atoms with Crippen molar-refractivity contribution in [3.05, 3.63) is 57.6 Å². The number of halogens is 3. The van der Waals surface area contributed by atoms with Gasteiger partial charge in [0.15, 0.2) is 0 Å². The van der Waals surface area contributed by atoms with E-state index >= 15 is 0 Å². The van der Waals surface area contributed by atoms with Crippen LogP contribution in [0.25, 0.3) is 5.70 Å². The number of anilines is 1. The molecule has 1 amide bonds. The number of allylic oxidation sites excluding steroid dienone is 2. The van der Waals surface area contributed by atoms with Gasteiger partial charge in [0, 0.05) is 40.5 Å². The Hall–Kier alpha value is -3.60. The van der Waals surface area contributed by atoms with Crippen LogP contribution in [-0.2, 0) is 11.3 Å². The maximum absolute atomic E-state index is 13.2. The van der Waals surface area contributed by atoms with Crippen LogP contribution in [0, 0.1) is 12.8 Å². The molecule has 11 heteroatoms. The summed E-state index contributed by atoms with van der Waals surface area (Å²) in [6, 6.07) is 3.93. The number of nitrogens with zero attached hydrogens (tertiary/aromatic N) is 3. The van der Waals surface area contributed by atoms with Crippen LogP contribution in [0.5, 0.6) is 0 Å². The van der Waals surface area contributed by atoms with Crippen molar-refractivity contribution < 1.29 is 18.0 Å². The minimum absolute atomic E-state index is 0.319. The number of aliphatic imine (C=N–C) groups is 2. The van der Waals surface area contributed by atoms with Gasteiger partial charge in [0.05, 0.1) is 29.5 Å². The van der Waals surface area contributed by atoms with Gasteiger partial charge in [0.2, 0.25) is 5.91 Å². The Morgan fingerprint density at radius 2 is 1.85 bits per heavy atom. The summed E-state index contributed by atoms with van der Waals surface area (Å²) in [6.45, 7) is 14.4. The Labute approximate surface area is 241 Å². The Kier molecular flexibility index (Phi) is 12.2. The highest BCUT2D eigenvalue weighted by Crippen LogP contribution is 2.40. The van der Waals surface area contributed by atoms with E-state index in [1.807, 2.05) is 26.0 Å². The van der Waals surface area contributed by atoms with Crippen molar-refractivity contribution in [1.29, 1.82) is 0 Å². The first-order valence-corrected chi connectivity index (χ1v) is 14.0. The van der Waals surface area contributed by atoms with Gasteiger partial charge in [-0.1, -0.05) is 39.7 Å². The van der Waals surface area contributed by atoms with E-state index in [1.165, 1.54) is 19.0 Å². The second-order valence-corrected chi connectivity index (χ2v) is 10.1. The molecule has 0 aromatic heterocycles. The molecule has 3 rings (SSSR count). The van der Waals surface area contributed by atoms with Crippen molar-refractivity contribution in [2.45, 2.75) is 87.4 Å². The maximum Gasteiger partial charge on any atom is 0.405 e. The number of nitrogens with one attached hydrogen (secondary N) is 3. The van der Waals surface area contributed by atoms with Crippen LogP contribution >= 0.6 is 0 Å². The van der Waals surface area contributed by atoms with Gasteiger partial charge in [-0.05, 0) is 58.2 Å². The van der Waals surface area contributed by atoms with Crippen LogP contribution < -0.4 is 21.9 Å². The van der Waals surface area contributed by atoms with Crippen LogP contribution in [0.1, 0.15) is 84.4 Å². The summed E-state index contributed by atoms with van der Waals surface area (Å²) in [6.07, 6.45) is 1.82. The molecule has 0 saturated carbocycles. The monoisotopic (exact) mass is 575 g/mol. The van der Waals surface area contributed by atoms with Crippen LogP contribution in [0.15, 0.2) is 50.9 Å². The Morgan fingerprint density at radius 3 is 2.39 bits per heavy atom. The molecule has 2 unspecified atom stereocenters. The third-order valence-corrected chi connectivity index (χ3v) is 6.91. The number of carbonyl (C=O) groups excluding carboxylic acids is 1. The predicted octanol–water partition coefficient (Wildman–Crippen LogP) is 6.52. The number of aryl methyl sites for hydroxylation is 1. The minimum Gasteiger partial charge on any atom is -0.376 e. The van der Waals surface area contributed by atoms with E-state index in [9.17, 15) is 18.0 Å². The molecule has 2 heterocycles. The molecular formula is C30H44F3N7O. The molecule has 0 radical (unpaired) electrons. The number of hydrazine groups is 2. The van der Waals surface area contributed by atoms with E-state index in [0.717, 1.165) is 28.0 Å². The second kappa shape index (κ2) is 14.9. The van der Waals surface area contributed by atoms with E-state index in [1.54, 1.807) is 39.0 Å². The zero-order valence-corrected chi connectivity index (χ0v) is 25.4. The summed E-state index contributed by atoms with van der Waals surface area (Å²) in [5.41, 5.74) is 18.8. The lowest BCUT2D eigenvalue weighted by molar-refractivity contribution is -0.123. The number of rotatable bonds is 10. The molecule has 8 nitrogen and oxygen atoms in total. The first-order valence-electron chi connectivity index (χ1n) is 14.0.